The van der Waals surface area contributed by atoms with Crippen molar-refractivity contribution in [1.82, 2.24) is 29.2 Å². The standard InChI is InChI=1S/C37H48N6O4/c1-37(2,3)47-36(44)43-19-17-42(18-20-43)16-15-41-13-10-28(11-14-41)45-29-22-30(23-29)46-35-8-6-27(24-39-35)26-5-7-31-32-25-38-12-9-33(32)40(4)34(31)21-26/h5-9,12,21,24-25,28-30H,10-11,13-20,22-23H2,1-4H3. The van der Waals surface area contributed by atoms with Crippen LogP contribution in [0.5, 0.6) is 5.88 Å². The lowest BCUT2D eigenvalue weighted by atomic mass is 9.91. The molecule has 0 bridgehead atoms. The molecule has 0 atom stereocenters. The minimum absolute atomic E-state index is 0.162. The molecular formula is C37H48N6O4. The van der Waals surface area contributed by atoms with Crippen molar-refractivity contribution in [2.75, 3.05) is 52.4 Å². The average molecular weight is 641 g/mol. The van der Waals surface area contributed by atoms with Gasteiger partial charge < -0.3 is 28.6 Å². The third kappa shape index (κ3) is 7.40. The van der Waals surface area contributed by atoms with Crippen molar-refractivity contribution in [3.63, 3.8) is 0 Å². The molecule has 250 valence electrons. The van der Waals surface area contributed by atoms with Crippen LogP contribution in [0.2, 0.25) is 0 Å². The van der Waals surface area contributed by atoms with E-state index in [1.165, 1.54) is 21.8 Å². The first-order valence-corrected chi connectivity index (χ1v) is 17.2. The summed E-state index contributed by atoms with van der Waals surface area (Å²) in [6, 6.07) is 12.7. The van der Waals surface area contributed by atoms with E-state index in [0.29, 0.717) is 12.0 Å². The molecule has 2 saturated heterocycles. The predicted octanol–water partition coefficient (Wildman–Crippen LogP) is 5.73. The van der Waals surface area contributed by atoms with E-state index in [1.54, 1.807) is 0 Å². The third-order valence-electron chi connectivity index (χ3n) is 9.89. The maximum Gasteiger partial charge on any atom is 0.410 e. The molecule has 47 heavy (non-hydrogen) atoms. The van der Waals surface area contributed by atoms with Crippen LogP contribution in [-0.4, -0.2) is 112 Å². The summed E-state index contributed by atoms with van der Waals surface area (Å²) < 4.78 is 20.4. The number of nitrogens with zero attached hydrogens (tertiary/aromatic N) is 6. The fourth-order valence-electron chi connectivity index (χ4n) is 7.05. The Labute approximate surface area is 277 Å². The zero-order chi connectivity index (χ0) is 32.5. The highest BCUT2D eigenvalue weighted by molar-refractivity contribution is 6.08. The summed E-state index contributed by atoms with van der Waals surface area (Å²) in [6.07, 6.45) is 10.3. The molecule has 0 spiro atoms. The molecule has 3 aliphatic rings. The average Bonchev–Trinajstić information content (AvgIpc) is 3.34. The summed E-state index contributed by atoms with van der Waals surface area (Å²) in [4.78, 5) is 28.1. The van der Waals surface area contributed by atoms with Crippen LogP contribution in [0.3, 0.4) is 0 Å². The Balaban J connectivity index is 0.800. The van der Waals surface area contributed by atoms with Crippen LogP contribution < -0.4 is 4.74 Å². The number of amides is 1. The van der Waals surface area contributed by atoms with Crippen molar-refractivity contribution in [2.45, 2.75) is 70.4 Å². The third-order valence-corrected chi connectivity index (χ3v) is 9.89. The smallest absolute Gasteiger partial charge is 0.410 e. The molecular weight excluding hydrogens is 592 g/mol. The lowest BCUT2D eigenvalue weighted by molar-refractivity contribution is -0.111. The summed E-state index contributed by atoms with van der Waals surface area (Å²) in [7, 11) is 2.10. The van der Waals surface area contributed by atoms with Crippen LogP contribution >= 0.6 is 0 Å². The molecule has 3 aromatic heterocycles. The number of hydrogen-bond donors (Lipinski definition) is 0. The molecule has 0 unspecified atom stereocenters. The van der Waals surface area contributed by atoms with Crippen molar-refractivity contribution in [3.05, 3.63) is 55.0 Å². The minimum Gasteiger partial charge on any atom is -0.474 e. The van der Waals surface area contributed by atoms with E-state index < -0.39 is 5.60 Å². The van der Waals surface area contributed by atoms with E-state index in [0.717, 1.165) is 89.2 Å². The summed E-state index contributed by atoms with van der Waals surface area (Å²) in [5, 5.41) is 2.38. The van der Waals surface area contributed by atoms with Crippen molar-refractivity contribution in [1.29, 1.82) is 0 Å². The van der Waals surface area contributed by atoms with Crippen LogP contribution in [0.15, 0.2) is 55.0 Å². The van der Waals surface area contributed by atoms with E-state index in [1.807, 2.05) is 50.3 Å². The number of hydrogen-bond acceptors (Lipinski definition) is 8. The maximum absolute atomic E-state index is 12.3. The first-order chi connectivity index (χ1) is 22.7. The molecule has 5 heterocycles. The molecule has 4 aromatic rings. The van der Waals surface area contributed by atoms with Gasteiger partial charge in [0.2, 0.25) is 5.88 Å². The Kier molecular flexibility index (Phi) is 9.09. The van der Waals surface area contributed by atoms with Crippen LogP contribution in [0.4, 0.5) is 4.79 Å². The highest BCUT2D eigenvalue weighted by Gasteiger charge is 2.35. The van der Waals surface area contributed by atoms with Crippen molar-refractivity contribution < 1.29 is 19.0 Å². The zero-order valence-corrected chi connectivity index (χ0v) is 28.2. The summed E-state index contributed by atoms with van der Waals surface area (Å²) in [5.41, 5.74) is 4.13. The maximum atomic E-state index is 12.3. The van der Waals surface area contributed by atoms with E-state index in [2.05, 4.69) is 61.7 Å². The SMILES string of the molecule is Cn1c2ccncc2c2ccc(-c3ccc(OC4CC(OC5CCN(CCN6CCN(C(=O)OC(C)(C)C)CC6)CC5)C4)nc3)cc21. The molecule has 3 fully saturated rings. The zero-order valence-electron chi connectivity index (χ0n) is 28.2. The number of pyridine rings is 2. The minimum atomic E-state index is -0.446. The number of fused-ring (bicyclic) bond motifs is 3. The lowest BCUT2D eigenvalue weighted by Gasteiger charge is -2.40. The molecule has 0 radical (unpaired) electrons. The molecule has 0 N–H and O–H groups in total. The summed E-state index contributed by atoms with van der Waals surface area (Å²) in [5.74, 6) is 0.675. The Morgan fingerprint density at radius 3 is 2.23 bits per heavy atom. The molecule has 10 heteroatoms. The van der Waals surface area contributed by atoms with E-state index in [4.69, 9.17) is 14.2 Å². The van der Waals surface area contributed by atoms with Gasteiger partial charge in [0.05, 0.1) is 17.7 Å². The van der Waals surface area contributed by atoms with Gasteiger partial charge in [-0.15, -0.1) is 0 Å². The Morgan fingerprint density at radius 2 is 1.53 bits per heavy atom. The van der Waals surface area contributed by atoms with Crippen LogP contribution in [0.1, 0.15) is 46.5 Å². The first kappa shape index (κ1) is 31.8. The molecule has 1 aliphatic carbocycles. The number of ether oxygens (including phenoxy) is 3. The van der Waals surface area contributed by atoms with Crippen LogP contribution in [0.25, 0.3) is 32.9 Å². The molecule has 1 saturated carbocycles. The quantitative estimate of drug-likeness (QED) is 0.242. The molecule has 7 rings (SSSR count). The van der Waals surface area contributed by atoms with Crippen molar-refractivity contribution >= 4 is 27.9 Å². The first-order valence-electron chi connectivity index (χ1n) is 17.2. The Hall–Kier alpha value is -3.73. The number of carbonyl (C=O) groups is 1. The number of piperazine rings is 1. The van der Waals surface area contributed by atoms with Gasteiger partial charge in [-0.1, -0.05) is 12.1 Å². The van der Waals surface area contributed by atoms with Crippen molar-refractivity contribution in [3.8, 4) is 17.0 Å². The van der Waals surface area contributed by atoms with Gasteiger partial charge in [0.25, 0.3) is 0 Å². The van der Waals surface area contributed by atoms with E-state index in [9.17, 15) is 4.79 Å². The van der Waals surface area contributed by atoms with Gasteiger partial charge in [-0.05, 0) is 57.4 Å². The van der Waals surface area contributed by atoms with Gasteiger partial charge in [0.15, 0.2) is 0 Å². The van der Waals surface area contributed by atoms with Crippen LogP contribution in [0, 0.1) is 0 Å². The normalized spacial score (nSPS) is 21.7. The largest absolute Gasteiger partial charge is 0.474 e. The van der Waals surface area contributed by atoms with Gasteiger partial charge in [-0.3, -0.25) is 9.88 Å². The second-order valence-corrected chi connectivity index (χ2v) is 14.4. The van der Waals surface area contributed by atoms with E-state index in [-0.39, 0.29) is 18.3 Å². The second kappa shape index (κ2) is 13.4. The van der Waals surface area contributed by atoms with Gasteiger partial charge in [0, 0.05) is 119 Å². The Morgan fingerprint density at radius 1 is 0.809 bits per heavy atom. The van der Waals surface area contributed by atoms with Gasteiger partial charge in [0.1, 0.15) is 11.7 Å². The van der Waals surface area contributed by atoms with Crippen molar-refractivity contribution in [2.24, 2.45) is 7.05 Å². The van der Waals surface area contributed by atoms with Gasteiger partial charge in [-0.2, -0.15) is 0 Å². The number of aromatic nitrogens is 3. The fraction of sp³-hybridized carbons (Fsp3) is 0.541. The molecule has 1 amide bonds. The second-order valence-electron chi connectivity index (χ2n) is 14.4. The predicted molar refractivity (Wildman–Crippen MR) is 184 cm³/mol. The fourth-order valence-corrected chi connectivity index (χ4v) is 7.05. The van der Waals surface area contributed by atoms with Crippen LogP contribution in [-0.2, 0) is 16.5 Å². The molecule has 2 aliphatic heterocycles. The summed E-state index contributed by atoms with van der Waals surface area (Å²) in [6.45, 7) is 13.3. The topological polar surface area (TPSA) is 85.2 Å². The number of likely N-dealkylation sites (tertiary alicyclic amines) is 1. The summed E-state index contributed by atoms with van der Waals surface area (Å²) >= 11 is 0. The number of aryl methyl sites for hydroxylation is 1. The van der Waals surface area contributed by atoms with Gasteiger partial charge >= 0.3 is 6.09 Å². The Bertz CT molecular complexity index is 1680. The van der Waals surface area contributed by atoms with Gasteiger partial charge in [-0.25, -0.2) is 9.78 Å². The molecule has 1 aromatic carbocycles. The monoisotopic (exact) mass is 640 g/mol. The lowest BCUT2D eigenvalue weighted by Crippen LogP contribution is -2.52. The highest BCUT2D eigenvalue weighted by atomic mass is 16.6. The molecule has 10 nitrogen and oxygen atoms in total. The number of rotatable bonds is 8. The number of carbonyl (C=O) groups excluding carboxylic acids is 1. The number of piperidine rings is 1. The van der Waals surface area contributed by atoms with E-state index >= 15 is 0 Å². The number of benzene rings is 1. The highest BCUT2D eigenvalue weighted by Crippen LogP contribution is 2.33.